The number of Topliss-reactive ketones (excluding diaryl/α,β-unsaturated/α-hetero) is 1. The molecule has 10 nitrogen and oxygen atoms in total. The minimum Gasteiger partial charge on any atom is -0.417 e. The van der Waals surface area contributed by atoms with Crippen molar-refractivity contribution in [2.45, 2.75) is 45.7 Å². The molecule has 4 aromatic rings. The molecule has 0 aliphatic rings. The summed E-state index contributed by atoms with van der Waals surface area (Å²) in [7, 11) is 0. The summed E-state index contributed by atoms with van der Waals surface area (Å²) >= 11 is 0. The zero-order chi connectivity index (χ0) is 27.4. The second-order valence-corrected chi connectivity index (χ2v) is 9.85. The zero-order valence-corrected chi connectivity index (χ0v) is 21.7. The summed E-state index contributed by atoms with van der Waals surface area (Å²) in [6.07, 6.45) is 1.27. The third-order valence-corrected chi connectivity index (χ3v) is 6.34. The third kappa shape index (κ3) is 5.39. The van der Waals surface area contributed by atoms with Crippen LogP contribution in [0.25, 0.3) is 11.4 Å². The van der Waals surface area contributed by atoms with Crippen LogP contribution in [-0.2, 0) is 16.8 Å². The molecule has 0 bridgehead atoms. The van der Waals surface area contributed by atoms with Crippen LogP contribution in [0.2, 0.25) is 0 Å². The molecule has 0 saturated carbocycles. The lowest BCUT2D eigenvalue weighted by Crippen LogP contribution is -2.46. The van der Waals surface area contributed by atoms with E-state index in [0.29, 0.717) is 5.56 Å². The largest absolute Gasteiger partial charge is 0.417 e. The molecule has 1 amide bonds. The highest BCUT2D eigenvalue weighted by Gasteiger charge is 2.34. The molecule has 1 atom stereocenters. The maximum absolute atomic E-state index is 13.3. The van der Waals surface area contributed by atoms with Gasteiger partial charge in [-0.1, -0.05) is 74.5 Å². The number of nitrogens with two attached hydrogens (primary N) is 1. The van der Waals surface area contributed by atoms with Gasteiger partial charge >= 0.3 is 0 Å². The summed E-state index contributed by atoms with van der Waals surface area (Å²) in [6.45, 7) is 7.05. The van der Waals surface area contributed by atoms with Crippen LogP contribution in [0.1, 0.15) is 49.8 Å². The molecule has 38 heavy (non-hydrogen) atoms. The second-order valence-electron chi connectivity index (χ2n) is 9.85. The van der Waals surface area contributed by atoms with Crippen LogP contribution < -0.4 is 16.6 Å². The first-order valence-electron chi connectivity index (χ1n) is 12.2. The first-order valence-corrected chi connectivity index (χ1v) is 12.2. The van der Waals surface area contributed by atoms with Crippen molar-refractivity contribution >= 4 is 17.4 Å². The van der Waals surface area contributed by atoms with E-state index in [1.54, 1.807) is 38.1 Å². The molecular formula is C28H30N6O4. The predicted molar refractivity (Wildman–Crippen MR) is 142 cm³/mol. The van der Waals surface area contributed by atoms with Crippen LogP contribution in [0, 0.1) is 5.92 Å². The van der Waals surface area contributed by atoms with E-state index in [-0.39, 0.29) is 35.8 Å². The number of carbonyl (C=O) groups is 2. The molecule has 4 rings (SSSR count). The molecule has 0 saturated heterocycles. The first kappa shape index (κ1) is 26.5. The summed E-state index contributed by atoms with van der Waals surface area (Å²) in [6, 6.07) is 17.6. The summed E-state index contributed by atoms with van der Waals surface area (Å²) < 4.78 is 6.99. The normalized spacial score (nSPS) is 12.3. The van der Waals surface area contributed by atoms with E-state index in [1.165, 1.54) is 10.8 Å². The number of hydrogen-bond acceptors (Lipinski definition) is 8. The van der Waals surface area contributed by atoms with E-state index in [9.17, 15) is 14.4 Å². The standard InChI is InChI=1S/C28H30N6O4/c1-17(2)22(23(36)25-32-33-27(38-25)28(3,4)19-13-9-6-10-14-19)31-21(35)16-34-24(18-11-7-5-8-12-18)30-15-20(29)26(34)37/h5-15,17,22H,16,29H2,1-4H3,(H,31,35). The minimum absolute atomic E-state index is 0.0895. The molecule has 0 spiro atoms. The van der Waals surface area contributed by atoms with Crippen molar-refractivity contribution in [1.82, 2.24) is 25.1 Å². The molecule has 2 aromatic carbocycles. The second kappa shape index (κ2) is 10.8. The van der Waals surface area contributed by atoms with Crippen molar-refractivity contribution in [3.05, 3.63) is 94.6 Å². The number of carbonyl (C=O) groups excluding carboxylic acids is 2. The van der Waals surface area contributed by atoms with Gasteiger partial charge in [0.05, 0.1) is 17.7 Å². The SMILES string of the molecule is CC(C)C(NC(=O)Cn1c(-c2ccccc2)ncc(N)c1=O)C(=O)c1nnc(C(C)(C)c2ccccc2)o1. The highest BCUT2D eigenvalue weighted by Crippen LogP contribution is 2.30. The number of aromatic nitrogens is 4. The van der Waals surface area contributed by atoms with Crippen LogP contribution in [-0.4, -0.2) is 37.5 Å². The highest BCUT2D eigenvalue weighted by molar-refractivity contribution is 5.98. The number of anilines is 1. The van der Waals surface area contributed by atoms with Gasteiger partial charge in [0.25, 0.3) is 11.4 Å². The number of ketones is 1. The van der Waals surface area contributed by atoms with Crippen LogP contribution >= 0.6 is 0 Å². The van der Waals surface area contributed by atoms with Crippen molar-refractivity contribution in [3.8, 4) is 11.4 Å². The van der Waals surface area contributed by atoms with Gasteiger partial charge in [-0.15, -0.1) is 10.2 Å². The summed E-state index contributed by atoms with van der Waals surface area (Å²) in [5.74, 6) is -1.00. The number of nitrogen functional groups attached to an aromatic ring is 1. The molecule has 2 aromatic heterocycles. The first-order chi connectivity index (χ1) is 18.1. The number of rotatable bonds is 9. The molecule has 2 heterocycles. The molecule has 0 radical (unpaired) electrons. The number of benzene rings is 2. The van der Waals surface area contributed by atoms with E-state index in [0.717, 1.165) is 5.56 Å². The van der Waals surface area contributed by atoms with Gasteiger partial charge in [-0.05, 0) is 25.3 Å². The fourth-order valence-corrected chi connectivity index (χ4v) is 4.06. The lowest BCUT2D eigenvalue weighted by Gasteiger charge is -2.21. The average Bonchev–Trinajstić information content (AvgIpc) is 3.42. The van der Waals surface area contributed by atoms with Gasteiger partial charge in [0, 0.05) is 5.56 Å². The Hall–Kier alpha value is -4.60. The topological polar surface area (TPSA) is 146 Å². The van der Waals surface area contributed by atoms with E-state index >= 15 is 0 Å². The number of nitrogens with one attached hydrogen (secondary N) is 1. The maximum Gasteiger partial charge on any atom is 0.286 e. The minimum atomic E-state index is -0.958. The van der Waals surface area contributed by atoms with Gasteiger partial charge in [0.1, 0.15) is 18.1 Å². The Balaban J connectivity index is 1.56. The lowest BCUT2D eigenvalue weighted by molar-refractivity contribution is -0.122. The van der Waals surface area contributed by atoms with Crippen LogP contribution in [0.3, 0.4) is 0 Å². The Morgan fingerprint density at radius 2 is 1.66 bits per heavy atom. The van der Waals surface area contributed by atoms with Gasteiger partial charge in [0.2, 0.25) is 17.6 Å². The molecule has 1 unspecified atom stereocenters. The van der Waals surface area contributed by atoms with Crippen molar-refractivity contribution in [1.29, 1.82) is 0 Å². The lowest BCUT2D eigenvalue weighted by atomic mass is 9.85. The number of nitrogens with zero attached hydrogens (tertiary/aromatic N) is 4. The quantitative estimate of drug-likeness (QED) is 0.324. The van der Waals surface area contributed by atoms with Gasteiger partial charge in [-0.3, -0.25) is 19.0 Å². The molecule has 0 aliphatic heterocycles. The van der Waals surface area contributed by atoms with Gasteiger partial charge in [-0.25, -0.2) is 4.98 Å². The van der Waals surface area contributed by atoms with Crippen molar-refractivity contribution in [2.75, 3.05) is 5.73 Å². The van der Waals surface area contributed by atoms with Crippen LogP contribution in [0.5, 0.6) is 0 Å². The summed E-state index contributed by atoms with van der Waals surface area (Å²) in [4.78, 5) is 43.5. The number of hydrogen-bond donors (Lipinski definition) is 2. The molecule has 3 N–H and O–H groups in total. The molecule has 10 heteroatoms. The highest BCUT2D eigenvalue weighted by atomic mass is 16.4. The van der Waals surface area contributed by atoms with E-state index in [2.05, 4.69) is 20.5 Å². The Morgan fingerprint density at radius 1 is 1.03 bits per heavy atom. The molecule has 0 fully saturated rings. The average molecular weight is 515 g/mol. The fourth-order valence-electron chi connectivity index (χ4n) is 4.06. The summed E-state index contributed by atoms with van der Waals surface area (Å²) in [5.41, 5.74) is 6.12. The van der Waals surface area contributed by atoms with E-state index < -0.39 is 28.7 Å². The predicted octanol–water partition coefficient (Wildman–Crippen LogP) is 3.23. The Labute approximate surface area is 219 Å². The van der Waals surface area contributed by atoms with Crippen molar-refractivity contribution in [2.24, 2.45) is 5.92 Å². The van der Waals surface area contributed by atoms with E-state index in [1.807, 2.05) is 50.2 Å². The smallest absolute Gasteiger partial charge is 0.286 e. The Morgan fingerprint density at radius 3 is 2.29 bits per heavy atom. The van der Waals surface area contributed by atoms with Gasteiger partial charge < -0.3 is 15.5 Å². The number of amides is 1. The molecule has 0 aliphatic carbocycles. The molecule has 196 valence electrons. The van der Waals surface area contributed by atoms with Gasteiger partial charge in [0.15, 0.2) is 0 Å². The Bertz CT molecular complexity index is 1490. The Kier molecular flexibility index (Phi) is 7.52. The monoisotopic (exact) mass is 514 g/mol. The van der Waals surface area contributed by atoms with Gasteiger partial charge in [-0.2, -0.15) is 0 Å². The maximum atomic E-state index is 13.3. The summed E-state index contributed by atoms with van der Waals surface area (Å²) in [5, 5.41) is 10.8. The van der Waals surface area contributed by atoms with Crippen LogP contribution in [0.15, 0.2) is 76.1 Å². The molecular weight excluding hydrogens is 484 g/mol. The zero-order valence-electron chi connectivity index (χ0n) is 21.7. The van der Waals surface area contributed by atoms with Crippen molar-refractivity contribution in [3.63, 3.8) is 0 Å². The van der Waals surface area contributed by atoms with Crippen LogP contribution in [0.4, 0.5) is 5.69 Å². The van der Waals surface area contributed by atoms with E-state index in [4.69, 9.17) is 10.2 Å². The fraction of sp³-hybridized carbons (Fsp3) is 0.286. The van der Waals surface area contributed by atoms with Crippen molar-refractivity contribution < 1.29 is 14.0 Å². The third-order valence-electron chi connectivity index (χ3n) is 6.34.